The van der Waals surface area contributed by atoms with Crippen LogP contribution in [0.15, 0.2) is 23.4 Å². The van der Waals surface area contributed by atoms with E-state index in [1.165, 1.54) is 11.8 Å². The Bertz CT molecular complexity index is 369. The van der Waals surface area contributed by atoms with Crippen LogP contribution in [-0.2, 0) is 4.79 Å². The second kappa shape index (κ2) is 7.17. The number of nitrogens with one attached hydrogen (secondary N) is 1. The topological polar surface area (TPSA) is 68.0 Å². The number of nitrogens with two attached hydrogens (primary N) is 1. The summed E-state index contributed by atoms with van der Waals surface area (Å²) in [6.45, 7) is 5.01. The fourth-order valence-corrected chi connectivity index (χ4v) is 1.99. The fraction of sp³-hybridized carbons (Fsp3) is 0.500. The van der Waals surface area contributed by atoms with Gasteiger partial charge < -0.3 is 11.1 Å². The van der Waals surface area contributed by atoms with Crippen LogP contribution in [0.2, 0.25) is 0 Å². The molecule has 0 aliphatic carbocycles. The van der Waals surface area contributed by atoms with Crippen LogP contribution in [0.3, 0.4) is 0 Å². The molecular formula is C12H19N3OS. The Hall–Kier alpha value is -1.23. The number of nitrogen functional groups attached to an aromatic ring is 1. The zero-order valence-corrected chi connectivity index (χ0v) is 11.1. The highest BCUT2D eigenvalue weighted by Crippen LogP contribution is 2.22. The zero-order chi connectivity index (χ0) is 12.7. The maximum absolute atomic E-state index is 11.5. The standard InChI is InChI=1S/C12H19N3OS/c1-9(2)3-6-15-12(16)8-17-11-4-5-14-7-10(11)13/h4-5,7,9H,3,6,8,13H2,1-2H3,(H,15,16). The Morgan fingerprint density at radius 1 is 1.59 bits per heavy atom. The Balaban J connectivity index is 2.26. The van der Waals surface area contributed by atoms with Gasteiger partial charge in [-0.1, -0.05) is 13.8 Å². The van der Waals surface area contributed by atoms with Crippen LogP contribution in [0, 0.1) is 5.92 Å². The maximum atomic E-state index is 11.5. The molecule has 94 valence electrons. The van der Waals surface area contributed by atoms with Crippen LogP contribution in [0.25, 0.3) is 0 Å². The van der Waals surface area contributed by atoms with Crippen molar-refractivity contribution in [3.63, 3.8) is 0 Å². The zero-order valence-electron chi connectivity index (χ0n) is 10.3. The van der Waals surface area contributed by atoms with Crippen molar-refractivity contribution in [2.75, 3.05) is 18.0 Å². The third-order valence-electron chi connectivity index (χ3n) is 2.21. The van der Waals surface area contributed by atoms with Crippen molar-refractivity contribution in [2.45, 2.75) is 25.2 Å². The number of carbonyl (C=O) groups is 1. The molecule has 0 radical (unpaired) electrons. The summed E-state index contributed by atoms with van der Waals surface area (Å²) in [4.78, 5) is 16.3. The number of rotatable bonds is 6. The number of thioether (sulfide) groups is 1. The molecule has 1 aromatic rings. The molecule has 0 aromatic carbocycles. The molecule has 0 saturated heterocycles. The minimum absolute atomic E-state index is 0.0480. The van der Waals surface area contributed by atoms with Crippen LogP contribution in [-0.4, -0.2) is 23.2 Å². The van der Waals surface area contributed by atoms with Gasteiger partial charge in [0.25, 0.3) is 0 Å². The van der Waals surface area contributed by atoms with Crippen molar-refractivity contribution in [1.29, 1.82) is 0 Å². The number of nitrogens with zero attached hydrogens (tertiary/aromatic N) is 1. The Kier molecular flexibility index (Phi) is 5.83. The molecule has 0 atom stereocenters. The lowest BCUT2D eigenvalue weighted by Crippen LogP contribution is -2.26. The lowest BCUT2D eigenvalue weighted by molar-refractivity contribution is -0.118. The van der Waals surface area contributed by atoms with Crippen molar-refractivity contribution >= 4 is 23.4 Å². The lowest BCUT2D eigenvalue weighted by Gasteiger charge is -2.07. The molecule has 1 amide bonds. The highest BCUT2D eigenvalue weighted by atomic mass is 32.2. The van der Waals surface area contributed by atoms with E-state index in [1.54, 1.807) is 12.4 Å². The molecule has 1 rings (SSSR count). The molecule has 0 unspecified atom stereocenters. The van der Waals surface area contributed by atoms with Crippen molar-refractivity contribution in [2.24, 2.45) is 5.92 Å². The van der Waals surface area contributed by atoms with E-state index in [0.29, 0.717) is 17.4 Å². The number of hydrogen-bond donors (Lipinski definition) is 2. The molecule has 17 heavy (non-hydrogen) atoms. The van der Waals surface area contributed by atoms with Crippen LogP contribution in [0.5, 0.6) is 0 Å². The van der Waals surface area contributed by atoms with E-state index in [0.717, 1.165) is 17.9 Å². The van der Waals surface area contributed by atoms with E-state index in [1.807, 2.05) is 6.07 Å². The van der Waals surface area contributed by atoms with E-state index in [-0.39, 0.29) is 5.91 Å². The molecule has 1 heterocycles. The van der Waals surface area contributed by atoms with E-state index in [2.05, 4.69) is 24.1 Å². The van der Waals surface area contributed by atoms with Gasteiger partial charge in [0.2, 0.25) is 5.91 Å². The summed E-state index contributed by atoms with van der Waals surface area (Å²) >= 11 is 1.44. The van der Waals surface area contributed by atoms with Gasteiger partial charge in [-0.05, 0) is 18.4 Å². The maximum Gasteiger partial charge on any atom is 0.230 e. The first-order valence-electron chi connectivity index (χ1n) is 5.68. The number of carbonyl (C=O) groups excluding carboxylic acids is 1. The van der Waals surface area contributed by atoms with Crippen LogP contribution >= 0.6 is 11.8 Å². The molecule has 0 spiro atoms. The second-order valence-electron chi connectivity index (χ2n) is 4.23. The van der Waals surface area contributed by atoms with E-state index in [4.69, 9.17) is 5.73 Å². The van der Waals surface area contributed by atoms with Gasteiger partial charge in [0.15, 0.2) is 0 Å². The molecule has 4 nitrogen and oxygen atoms in total. The molecule has 0 aliphatic heterocycles. The first-order valence-corrected chi connectivity index (χ1v) is 6.67. The van der Waals surface area contributed by atoms with Gasteiger partial charge >= 0.3 is 0 Å². The summed E-state index contributed by atoms with van der Waals surface area (Å²) < 4.78 is 0. The highest BCUT2D eigenvalue weighted by molar-refractivity contribution is 8.00. The third-order valence-corrected chi connectivity index (χ3v) is 3.30. The third kappa shape index (κ3) is 5.58. The van der Waals surface area contributed by atoms with Gasteiger partial charge in [0.1, 0.15) is 0 Å². The largest absolute Gasteiger partial charge is 0.397 e. The van der Waals surface area contributed by atoms with E-state index in [9.17, 15) is 4.79 Å². The molecule has 0 aliphatic rings. The average Bonchev–Trinajstić information content (AvgIpc) is 2.27. The monoisotopic (exact) mass is 253 g/mol. The Morgan fingerprint density at radius 2 is 2.35 bits per heavy atom. The van der Waals surface area contributed by atoms with Crippen molar-refractivity contribution < 1.29 is 4.79 Å². The summed E-state index contributed by atoms with van der Waals surface area (Å²) in [5.74, 6) is 1.05. The van der Waals surface area contributed by atoms with Crippen LogP contribution in [0.4, 0.5) is 5.69 Å². The van der Waals surface area contributed by atoms with Crippen molar-refractivity contribution in [3.05, 3.63) is 18.5 Å². The SMILES string of the molecule is CC(C)CCNC(=O)CSc1ccncc1N. The normalized spacial score (nSPS) is 10.5. The number of amides is 1. The van der Waals surface area contributed by atoms with Crippen LogP contribution in [0.1, 0.15) is 20.3 Å². The summed E-state index contributed by atoms with van der Waals surface area (Å²) in [6, 6.07) is 1.82. The van der Waals surface area contributed by atoms with Gasteiger partial charge in [-0.25, -0.2) is 0 Å². The molecule has 0 bridgehead atoms. The molecule has 5 heteroatoms. The molecule has 3 N–H and O–H groups in total. The van der Waals surface area contributed by atoms with Gasteiger partial charge in [0, 0.05) is 17.6 Å². The van der Waals surface area contributed by atoms with Gasteiger partial charge in [-0.2, -0.15) is 0 Å². The van der Waals surface area contributed by atoms with Gasteiger partial charge in [-0.3, -0.25) is 9.78 Å². The first-order chi connectivity index (χ1) is 8.09. The van der Waals surface area contributed by atoms with Crippen LogP contribution < -0.4 is 11.1 Å². The van der Waals surface area contributed by atoms with E-state index < -0.39 is 0 Å². The molecule has 1 aromatic heterocycles. The fourth-order valence-electron chi connectivity index (χ4n) is 1.22. The predicted molar refractivity (Wildman–Crippen MR) is 71.8 cm³/mol. The number of anilines is 1. The Morgan fingerprint density at radius 3 is 3.00 bits per heavy atom. The number of hydrogen-bond acceptors (Lipinski definition) is 4. The summed E-state index contributed by atoms with van der Waals surface area (Å²) in [5.41, 5.74) is 6.35. The van der Waals surface area contributed by atoms with Gasteiger partial charge in [-0.15, -0.1) is 11.8 Å². The quantitative estimate of drug-likeness (QED) is 0.760. The predicted octanol–water partition coefficient (Wildman–Crippen LogP) is 1.92. The Labute approximate surface area is 106 Å². The first kappa shape index (κ1) is 13.8. The van der Waals surface area contributed by atoms with Gasteiger partial charge in [0.05, 0.1) is 17.6 Å². The second-order valence-corrected chi connectivity index (χ2v) is 5.25. The minimum atomic E-state index is 0.0480. The van der Waals surface area contributed by atoms with Crippen molar-refractivity contribution in [3.8, 4) is 0 Å². The highest BCUT2D eigenvalue weighted by Gasteiger charge is 2.05. The minimum Gasteiger partial charge on any atom is -0.397 e. The van der Waals surface area contributed by atoms with E-state index >= 15 is 0 Å². The summed E-state index contributed by atoms with van der Waals surface area (Å²) in [7, 11) is 0. The number of pyridine rings is 1. The average molecular weight is 253 g/mol. The van der Waals surface area contributed by atoms with Crippen molar-refractivity contribution in [1.82, 2.24) is 10.3 Å². The molecule has 0 saturated carbocycles. The summed E-state index contributed by atoms with van der Waals surface area (Å²) in [6.07, 6.45) is 4.28. The lowest BCUT2D eigenvalue weighted by atomic mass is 10.1. The molecule has 0 fully saturated rings. The number of aromatic nitrogens is 1. The molecular weight excluding hydrogens is 234 g/mol. The smallest absolute Gasteiger partial charge is 0.230 e. The summed E-state index contributed by atoms with van der Waals surface area (Å²) in [5, 5.41) is 2.89.